The van der Waals surface area contributed by atoms with Gasteiger partial charge >= 0.3 is 0 Å². The topological polar surface area (TPSA) is 81.8 Å². The molecule has 2 saturated heterocycles. The van der Waals surface area contributed by atoms with Crippen LogP contribution in [-0.2, 0) is 14.4 Å². The third-order valence-corrected chi connectivity index (χ3v) is 5.71. The average molecular weight is 401 g/mol. The van der Waals surface area contributed by atoms with Crippen LogP contribution in [0.3, 0.4) is 0 Å². The fraction of sp³-hybridized carbons (Fsp3) is 0.591. The summed E-state index contributed by atoms with van der Waals surface area (Å²) in [5, 5.41) is 5.59. The molecule has 158 valence electrons. The third-order valence-electron chi connectivity index (χ3n) is 5.71. The molecule has 0 aliphatic carbocycles. The van der Waals surface area contributed by atoms with E-state index < -0.39 is 0 Å². The van der Waals surface area contributed by atoms with Gasteiger partial charge in [-0.1, -0.05) is 12.8 Å². The van der Waals surface area contributed by atoms with Gasteiger partial charge in [-0.05, 0) is 63.0 Å². The van der Waals surface area contributed by atoms with E-state index in [1.807, 2.05) is 0 Å². The first-order valence-electron chi connectivity index (χ1n) is 10.7. The summed E-state index contributed by atoms with van der Waals surface area (Å²) in [4.78, 5) is 40.4. The number of benzene rings is 1. The van der Waals surface area contributed by atoms with E-state index in [9.17, 15) is 14.4 Å². The Balaban J connectivity index is 1.41. The molecule has 7 nitrogen and oxygen atoms in total. The normalized spacial score (nSPS) is 18.7. The van der Waals surface area contributed by atoms with Crippen molar-refractivity contribution in [3.8, 4) is 0 Å². The Morgan fingerprint density at radius 3 is 1.97 bits per heavy atom. The summed E-state index contributed by atoms with van der Waals surface area (Å²) < 4.78 is 0. The van der Waals surface area contributed by atoms with Crippen LogP contribution in [-0.4, -0.2) is 60.2 Å². The van der Waals surface area contributed by atoms with Gasteiger partial charge in [-0.2, -0.15) is 0 Å². The summed E-state index contributed by atoms with van der Waals surface area (Å²) in [5.41, 5.74) is 1.40. The molecule has 0 aromatic heterocycles. The van der Waals surface area contributed by atoms with E-state index in [2.05, 4.69) is 20.4 Å². The van der Waals surface area contributed by atoms with Crippen molar-refractivity contribution < 1.29 is 14.4 Å². The highest BCUT2D eigenvalue weighted by Gasteiger charge is 2.29. The number of hydrogen-bond donors (Lipinski definition) is 2. The lowest BCUT2D eigenvalue weighted by atomic mass is 9.95. The van der Waals surface area contributed by atoms with E-state index in [1.165, 1.54) is 19.8 Å². The number of rotatable bonds is 5. The molecule has 1 aromatic rings. The third kappa shape index (κ3) is 6.56. The fourth-order valence-corrected chi connectivity index (χ4v) is 4.13. The number of carbonyl (C=O) groups excluding carboxylic acids is 3. The van der Waals surface area contributed by atoms with E-state index >= 15 is 0 Å². The molecule has 3 amide bonds. The predicted octanol–water partition coefficient (Wildman–Crippen LogP) is 2.70. The Morgan fingerprint density at radius 1 is 0.862 bits per heavy atom. The van der Waals surface area contributed by atoms with Crippen molar-refractivity contribution in [2.24, 2.45) is 5.92 Å². The number of carbonyl (C=O) groups is 3. The largest absolute Gasteiger partial charge is 0.342 e. The molecule has 3 rings (SSSR count). The van der Waals surface area contributed by atoms with Gasteiger partial charge in [-0.3, -0.25) is 19.3 Å². The minimum Gasteiger partial charge on any atom is -0.342 e. The monoisotopic (exact) mass is 400 g/mol. The summed E-state index contributed by atoms with van der Waals surface area (Å²) in [5.74, 6) is 0.234. The van der Waals surface area contributed by atoms with Crippen LogP contribution in [0.25, 0.3) is 0 Å². The van der Waals surface area contributed by atoms with Crippen LogP contribution < -0.4 is 10.6 Å². The minimum absolute atomic E-state index is 0.0606. The number of nitrogens with zero attached hydrogens (tertiary/aromatic N) is 2. The molecule has 2 heterocycles. The molecule has 7 heteroatoms. The van der Waals surface area contributed by atoms with Gasteiger partial charge in [-0.15, -0.1) is 0 Å². The molecule has 0 unspecified atom stereocenters. The molecule has 0 radical (unpaired) electrons. The van der Waals surface area contributed by atoms with Crippen molar-refractivity contribution in [3.05, 3.63) is 24.3 Å². The van der Waals surface area contributed by atoms with Crippen LogP contribution in [0.5, 0.6) is 0 Å². The Bertz CT molecular complexity index is 703. The highest BCUT2D eigenvalue weighted by Crippen LogP contribution is 2.22. The lowest BCUT2D eigenvalue weighted by Crippen LogP contribution is -2.44. The van der Waals surface area contributed by atoms with Gasteiger partial charge in [-0.25, -0.2) is 0 Å². The quantitative estimate of drug-likeness (QED) is 0.796. The molecule has 2 fully saturated rings. The molecular formula is C22H32N4O3. The smallest absolute Gasteiger partial charge is 0.238 e. The second kappa shape index (κ2) is 10.4. The van der Waals surface area contributed by atoms with Crippen LogP contribution in [0.2, 0.25) is 0 Å². The standard InChI is InChI=1S/C22H32N4O3/c1-17(27)23-19-6-8-20(9-7-19)24-21(28)16-25-14-10-18(11-15-25)22(29)26-12-4-2-3-5-13-26/h6-9,18H,2-5,10-16H2,1H3,(H,23,27)(H,24,28). The lowest BCUT2D eigenvalue weighted by molar-refractivity contribution is -0.137. The predicted molar refractivity (Wildman–Crippen MR) is 114 cm³/mol. The molecular weight excluding hydrogens is 368 g/mol. The Hall–Kier alpha value is -2.41. The zero-order valence-corrected chi connectivity index (χ0v) is 17.3. The number of hydrogen-bond acceptors (Lipinski definition) is 4. The van der Waals surface area contributed by atoms with Crippen molar-refractivity contribution in [3.63, 3.8) is 0 Å². The molecule has 1 aromatic carbocycles. The van der Waals surface area contributed by atoms with Crippen molar-refractivity contribution in [2.75, 3.05) is 43.4 Å². The maximum Gasteiger partial charge on any atom is 0.238 e. The molecule has 0 spiro atoms. The van der Waals surface area contributed by atoms with Crippen molar-refractivity contribution in [1.82, 2.24) is 9.80 Å². The maximum absolute atomic E-state index is 12.8. The highest BCUT2D eigenvalue weighted by molar-refractivity contribution is 5.93. The van der Waals surface area contributed by atoms with Gasteiger partial charge in [0.25, 0.3) is 0 Å². The van der Waals surface area contributed by atoms with Gasteiger partial charge in [0.2, 0.25) is 17.7 Å². The van der Waals surface area contributed by atoms with Crippen molar-refractivity contribution >= 4 is 29.1 Å². The maximum atomic E-state index is 12.8. The zero-order valence-electron chi connectivity index (χ0n) is 17.3. The molecule has 2 aliphatic rings. The number of piperidine rings is 1. The first-order valence-corrected chi connectivity index (χ1v) is 10.7. The van der Waals surface area contributed by atoms with Crippen LogP contribution in [0.4, 0.5) is 11.4 Å². The van der Waals surface area contributed by atoms with Crippen molar-refractivity contribution in [1.29, 1.82) is 0 Å². The first kappa shape index (κ1) is 21.3. The fourth-order valence-electron chi connectivity index (χ4n) is 4.13. The summed E-state index contributed by atoms with van der Waals surface area (Å²) in [6.45, 7) is 5.15. The lowest BCUT2D eigenvalue weighted by Gasteiger charge is -2.33. The van der Waals surface area contributed by atoms with E-state index in [0.717, 1.165) is 51.9 Å². The SMILES string of the molecule is CC(=O)Nc1ccc(NC(=O)CN2CCC(C(=O)N3CCCCCC3)CC2)cc1. The average Bonchev–Trinajstić information content (AvgIpc) is 2.99. The first-order chi connectivity index (χ1) is 14.0. The number of nitrogens with one attached hydrogen (secondary N) is 2. The minimum atomic E-state index is -0.125. The molecule has 0 bridgehead atoms. The zero-order chi connectivity index (χ0) is 20.6. The van der Waals surface area contributed by atoms with E-state index in [0.29, 0.717) is 23.8 Å². The Morgan fingerprint density at radius 2 is 1.41 bits per heavy atom. The van der Waals surface area contributed by atoms with Gasteiger partial charge in [0.05, 0.1) is 6.54 Å². The highest BCUT2D eigenvalue weighted by atomic mass is 16.2. The van der Waals surface area contributed by atoms with E-state index in [1.54, 1.807) is 24.3 Å². The summed E-state index contributed by atoms with van der Waals surface area (Å²) in [6.07, 6.45) is 6.36. The molecule has 2 aliphatic heterocycles. The summed E-state index contributed by atoms with van der Waals surface area (Å²) >= 11 is 0. The van der Waals surface area contributed by atoms with Crippen LogP contribution in [0.15, 0.2) is 24.3 Å². The van der Waals surface area contributed by atoms with E-state index in [4.69, 9.17) is 0 Å². The van der Waals surface area contributed by atoms with Crippen LogP contribution in [0.1, 0.15) is 45.4 Å². The Kier molecular flexibility index (Phi) is 7.63. The second-order valence-corrected chi connectivity index (χ2v) is 8.10. The van der Waals surface area contributed by atoms with Crippen LogP contribution in [0, 0.1) is 5.92 Å². The van der Waals surface area contributed by atoms with Gasteiger partial charge in [0, 0.05) is 37.3 Å². The number of likely N-dealkylation sites (tertiary alicyclic amines) is 2. The second-order valence-electron chi connectivity index (χ2n) is 8.10. The molecule has 29 heavy (non-hydrogen) atoms. The van der Waals surface area contributed by atoms with Gasteiger partial charge < -0.3 is 15.5 Å². The van der Waals surface area contributed by atoms with Gasteiger partial charge in [0.1, 0.15) is 0 Å². The number of anilines is 2. The summed E-state index contributed by atoms with van der Waals surface area (Å²) in [7, 11) is 0. The van der Waals surface area contributed by atoms with E-state index in [-0.39, 0.29) is 17.7 Å². The molecule has 2 N–H and O–H groups in total. The summed E-state index contributed by atoms with van der Waals surface area (Å²) in [6, 6.07) is 7.07. The van der Waals surface area contributed by atoms with Crippen molar-refractivity contribution in [2.45, 2.75) is 45.4 Å². The van der Waals surface area contributed by atoms with Crippen LogP contribution >= 0.6 is 0 Å². The Labute approximate surface area is 172 Å². The molecule has 0 saturated carbocycles. The van der Waals surface area contributed by atoms with Gasteiger partial charge in [0.15, 0.2) is 0 Å². The number of amides is 3. The molecule has 0 atom stereocenters.